The Balaban J connectivity index is 2.73. The number of nitriles is 2. The first-order chi connectivity index (χ1) is 8.70. The van der Waals surface area contributed by atoms with E-state index in [0.717, 1.165) is 19.4 Å². The molecular formula is C13H20N4O. The molecule has 0 spiro atoms. The van der Waals surface area contributed by atoms with Gasteiger partial charge in [-0.2, -0.15) is 10.5 Å². The van der Waals surface area contributed by atoms with Gasteiger partial charge in [0.2, 0.25) is 5.91 Å². The number of carbonyl (C=O) groups excluding carboxylic acids is 1. The minimum absolute atomic E-state index is 0.0977. The number of carbonyl (C=O) groups is 1. The first-order valence-corrected chi connectivity index (χ1v) is 6.44. The summed E-state index contributed by atoms with van der Waals surface area (Å²) in [5, 5.41) is 20.5. The summed E-state index contributed by atoms with van der Waals surface area (Å²) >= 11 is 0. The summed E-state index contributed by atoms with van der Waals surface area (Å²) in [7, 11) is 0. The van der Waals surface area contributed by atoms with Gasteiger partial charge in [0.05, 0.1) is 30.4 Å². The quantitative estimate of drug-likeness (QED) is 0.761. The summed E-state index contributed by atoms with van der Waals surface area (Å²) in [4.78, 5) is 14.3. The van der Waals surface area contributed by atoms with E-state index in [1.54, 1.807) is 4.90 Å². The zero-order valence-electron chi connectivity index (χ0n) is 10.9. The van der Waals surface area contributed by atoms with E-state index in [1.165, 1.54) is 0 Å². The highest BCUT2D eigenvalue weighted by atomic mass is 16.2. The topological polar surface area (TPSA) is 79.9 Å². The third kappa shape index (κ3) is 3.21. The molecule has 1 N–H and O–H groups in total. The van der Waals surface area contributed by atoms with Crippen molar-refractivity contribution in [1.82, 2.24) is 10.2 Å². The molecule has 1 atom stereocenters. The van der Waals surface area contributed by atoms with E-state index in [2.05, 4.69) is 17.5 Å². The fourth-order valence-corrected chi connectivity index (χ4v) is 2.40. The van der Waals surface area contributed by atoms with Crippen molar-refractivity contribution < 1.29 is 4.79 Å². The smallest absolute Gasteiger partial charge is 0.230 e. The first-order valence-electron chi connectivity index (χ1n) is 6.44. The van der Waals surface area contributed by atoms with Crippen LogP contribution in [-0.4, -0.2) is 37.0 Å². The second-order valence-corrected chi connectivity index (χ2v) is 4.67. The van der Waals surface area contributed by atoms with E-state index < -0.39 is 0 Å². The molecule has 1 amide bonds. The van der Waals surface area contributed by atoms with Crippen LogP contribution in [0.25, 0.3) is 0 Å². The highest BCUT2D eigenvalue weighted by molar-refractivity contribution is 5.83. The summed E-state index contributed by atoms with van der Waals surface area (Å²) in [6, 6.07) is 4.12. The number of hydrogen-bond donors (Lipinski definition) is 1. The molecule has 0 aliphatic carbocycles. The van der Waals surface area contributed by atoms with Gasteiger partial charge in [0.15, 0.2) is 0 Å². The lowest BCUT2D eigenvalue weighted by molar-refractivity contribution is -0.141. The van der Waals surface area contributed by atoms with Gasteiger partial charge in [-0.25, -0.2) is 0 Å². The molecule has 0 aromatic carbocycles. The van der Waals surface area contributed by atoms with Gasteiger partial charge in [0.1, 0.15) is 0 Å². The molecule has 5 nitrogen and oxygen atoms in total. The predicted molar refractivity (Wildman–Crippen MR) is 67.3 cm³/mol. The molecule has 1 rings (SSSR count). The van der Waals surface area contributed by atoms with Gasteiger partial charge >= 0.3 is 0 Å². The van der Waals surface area contributed by atoms with E-state index in [-0.39, 0.29) is 11.3 Å². The molecule has 0 aromatic heterocycles. The molecule has 0 saturated carbocycles. The Morgan fingerprint density at radius 3 is 2.33 bits per heavy atom. The summed E-state index contributed by atoms with van der Waals surface area (Å²) < 4.78 is 0. The highest BCUT2D eigenvalue weighted by Crippen LogP contribution is 2.31. The maximum Gasteiger partial charge on any atom is 0.230 e. The number of amides is 1. The van der Waals surface area contributed by atoms with Crippen molar-refractivity contribution >= 4 is 5.91 Å². The molecule has 1 fully saturated rings. The van der Waals surface area contributed by atoms with Crippen molar-refractivity contribution in [3.05, 3.63) is 0 Å². The van der Waals surface area contributed by atoms with Crippen LogP contribution >= 0.6 is 0 Å². The van der Waals surface area contributed by atoms with Crippen molar-refractivity contribution in [3.63, 3.8) is 0 Å². The Morgan fingerprint density at radius 1 is 1.33 bits per heavy atom. The molecule has 1 saturated heterocycles. The summed E-state index contributed by atoms with van der Waals surface area (Å²) in [6.45, 7) is 4.46. The Hall–Kier alpha value is -1.59. The lowest BCUT2D eigenvalue weighted by Crippen LogP contribution is -2.45. The van der Waals surface area contributed by atoms with E-state index in [1.807, 2.05) is 6.92 Å². The fraction of sp³-hybridized carbons (Fsp3) is 0.769. The normalized spacial score (nSPS) is 22.2. The van der Waals surface area contributed by atoms with Crippen molar-refractivity contribution in [2.75, 3.05) is 26.2 Å². The molecule has 18 heavy (non-hydrogen) atoms. The van der Waals surface area contributed by atoms with Crippen LogP contribution in [0.5, 0.6) is 0 Å². The van der Waals surface area contributed by atoms with Gasteiger partial charge < -0.3 is 10.2 Å². The molecule has 1 unspecified atom stereocenters. The van der Waals surface area contributed by atoms with Gasteiger partial charge in [0.25, 0.3) is 0 Å². The van der Waals surface area contributed by atoms with Crippen LogP contribution in [-0.2, 0) is 4.79 Å². The van der Waals surface area contributed by atoms with Crippen LogP contribution in [0.3, 0.4) is 0 Å². The van der Waals surface area contributed by atoms with Crippen LogP contribution in [0.1, 0.15) is 32.6 Å². The molecule has 98 valence electrons. The standard InChI is InChI=1S/C13H20N4O/c1-2-13(5-8-16-11-13)12(18)17(9-3-6-14)10-4-7-15/h16H,2-5,8-11H2,1H3. The molecule has 0 aromatic rings. The predicted octanol–water partition coefficient (Wildman–Crippen LogP) is 1.03. The summed E-state index contributed by atoms with van der Waals surface area (Å²) in [6.07, 6.45) is 2.29. The van der Waals surface area contributed by atoms with Crippen LogP contribution < -0.4 is 5.32 Å². The zero-order valence-corrected chi connectivity index (χ0v) is 10.9. The minimum atomic E-state index is -0.328. The molecule has 0 radical (unpaired) electrons. The highest BCUT2D eigenvalue weighted by Gasteiger charge is 2.41. The van der Waals surface area contributed by atoms with Crippen molar-refractivity contribution in [1.29, 1.82) is 10.5 Å². The monoisotopic (exact) mass is 248 g/mol. The van der Waals surface area contributed by atoms with Crippen LogP contribution in [0.15, 0.2) is 0 Å². The molecule has 1 aliphatic rings. The second kappa shape index (κ2) is 6.98. The van der Waals surface area contributed by atoms with Gasteiger partial charge in [-0.15, -0.1) is 0 Å². The Morgan fingerprint density at radius 2 is 1.94 bits per heavy atom. The maximum absolute atomic E-state index is 12.6. The lowest BCUT2D eigenvalue weighted by Gasteiger charge is -2.32. The zero-order chi connectivity index (χ0) is 13.4. The minimum Gasteiger partial charge on any atom is -0.340 e. The van der Waals surface area contributed by atoms with Crippen LogP contribution in [0.2, 0.25) is 0 Å². The first kappa shape index (κ1) is 14.5. The van der Waals surface area contributed by atoms with Crippen molar-refractivity contribution in [3.8, 4) is 12.1 Å². The molecule has 1 aliphatic heterocycles. The van der Waals surface area contributed by atoms with Gasteiger partial charge in [0, 0.05) is 19.6 Å². The largest absolute Gasteiger partial charge is 0.340 e. The third-order valence-corrected chi connectivity index (χ3v) is 3.65. The van der Waals surface area contributed by atoms with Crippen LogP contribution in [0.4, 0.5) is 0 Å². The van der Waals surface area contributed by atoms with E-state index in [0.29, 0.717) is 32.5 Å². The van der Waals surface area contributed by atoms with Gasteiger partial charge in [-0.05, 0) is 19.4 Å². The summed E-state index contributed by atoms with van der Waals surface area (Å²) in [5.74, 6) is 0.0977. The second-order valence-electron chi connectivity index (χ2n) is 4.67. The molecule has 0 bridgehead atoms. The SMILES string of the molecule is CCC1(C(=O)N(CCC#N)CCC#N)CCNC1. The molecular weight excluding hydrogens is 228 g/mol. The van der Waals surface area contributed by atoms with Gasteiger partial charge in [-0.1, -0.05) is 6.92 Å². The number of rotatable bonds is 6. The average molecular weight is 248 g/mol. The Labute approximate surface area is 108 Å². The number of hydrogen-bond acceptors (Lipinski definition) is 4. The Bertz CT molecular complexity index is 342. The Kier molecular flexibility index (Phi) is 5.61. The number of nitrogens with one attached hydrogen (secondary N) is 1. The molecule has 1 heterocycles. The fourth-order valence-electron chi connectivity index (χ4n) is 2.40. The maximum atomic E-state index is 12.6. The van der Waals surface area contributed by atoms with E-state index in [9.17, 15) is 4.79 Å². The van der Waals surface area contributed by atoms with Crippen LogP contribution in [0, 0.1) is 28.1 Å². The van der Waals surface area contributed by atoms with Crippen molar-refractivity contribution in [2.24, 2.45) is 5.41 Å². The molecule has 5 heteroatoms. The third-order valence-electron chi connectivity index (χ3n) is 3.65. The summed E-state index contributed by atoms with van der Waals surface area (Å²) in [5.41, 5.74) is -0.328. The number of nitrogens with zero attached hydrogens (tertiary/aromatic N) is 3. The van der Waals surface area contributed by atoms with E-state index >= 15 is 0 Å². The van der Waals surface area contributed by atoms with Crippen molar-refractivity contribution in [2.45, 2.75) is 32.6 Å². The van der Waals surface area contributed by atoms with Gasteiger partial charge in [-0.3, -0.25) is 4.79 Å². The average Bonchev–Trinajstić information content (AvgIpc) is 2.88. The lowest BCUT2D eigenvalue weighted by atomic mass is 9.82. The van der Waals surface area contributed by atoms with E-state index in [4.69, 9.17) is 10.5 Å².